The molecule has 4 nitrogen and oxygen atoms in total. The summed E-state index contributed by atoms with van der Waals surface area (Å²) in [5.41, 5.74) is 7.25. The molecule has 0 saturated heterocycles. The molecule has 0 spiro atoms. The molecule has 0 fully saturated rings. The molecule has 7 heteroatoms. The summed E-state index contributed by atoms with van der Waals surface area (Å²) in [4.78, 5) is 4.13. The summed E-state index contributed by atoms with van der Waals surface area (Å²) in [6.45, 7) is 0. The highest BCUT2D eigenvalue weighted by molar-refractivity contribution is 6.35. The van der Waals surface area contributed by atoms with Crippen LogP contribution in [0.5, 0.6) is 0 Å². The van der Waals surface area contributed by atoms with Crippen LogP contribution < -0.4 is 5.73 Å². The van der Waals surface area contributed by atoms with Gasteiger partial charge in [-0.05, 0) is 6.07 Å². The number of hydrogen-bond acceptors (Lipinski definition) is 3. The Labute approximate surface area is 113 Å². The molecule has 2 aromatic rings. The van der Waals surface area contributed by atoms with E-state index >= 15 is 0 Å². The number of pyridine rings is 1. The second-order valence-electron chi connectivity index (χ2n) is 3.50. The van der Waals surface area contributed by atoms with Crippen molar-refractivity contribution in [1.29, 1.82) is 0 Å². The highest BCUT2D eigenvalue weighted by Gasteiger charge is 2.20. The predicted octanol–water partition coefficient (Wildman–Crippen LogP) is 2.82. The lowest BCUT2D eigenvalue weighted by Crippen LogP contribution is -2.18. The molecule has 2 N–H and O–H groups in total. The molecule has 0 amide bonds. The Balaban J connectivity index is 2.47. The molecule has 0 aromatic carbocycles. The fourth-order valence-corrected chi connectivity index (χ4v) is 2.33. The van der Waals surface area contributed by atoms with Gasteiger partial charge in [-0.3, -0.25) is 9.67 Å². The monoisotopic (exact) mass is 290 g/mol. The zero-order valence-electron chi connectivity index (χ0n) is 8.86. The maximum atomic E-state index is 6.08. The third kappa shape index (κ3) is 2.40. The molecule has 2 aromatic heterocycles. The Morgan fingerprint density at radius 2 is 1.94 bits per heavy atom. The highest BCUT2D eigenvalue weighted by Crippen LogP contribution is 2.29. The molecular weight excluding hydrogens is 282 g/mol. The van der Waals surface area contributed by atoms with Gasteiger partial charge in [0.2, 0.25) is 0 Å². The van der Waals surface area contributed by atoms with Gasteiger partial charge in [-0.25, -0.2) is 0 Å². The van der Waals surface area contributed by atoms with Crippen molar-refractivity contribution < 1.29 is 0 Å². The standard InChI is InChI=1S/C10H9Cl3N4/c1-17-10(7(13)4-16-17)8(14)9-6(12)2-5(11)3-15-9/h2-4,8H,14H2,1H3. The van der Waals surface area contributed by atoms with Gasteiger partial charge in [-0.1, -0.05) is 34.8 Å². The van der Waals surface area contributed by atoms with Crippen molar-refractivity contribution in [2.45, 2.75) is 6.04 Å². The molecule has 2 rings (SSSR count). The van der Waals surface area contributed by atoms with Crippen molar-refractivity contribution in [2.24, 2.45) is 12.8 Å². The molecular formula is C10H9Cl3N4. The first kappa shape index (κ1) is 12.6. The van der Waals surface area contributed by atoms with Crippen LogP contribution in [0, 0.1) is 0 Å². The van der Waals surface area contributed by atoms with E-state index in [1.165, 1.54) is 12.4 Å². The third-order valence-corrected chi connectivity index (χ3v) is 3.16. The summed E-state index contributed by atoms with van der Waals surface area (Å²) in [5.74, 6) is 0. The van der Waals surface area contributed by atoms with Gasteiger partial charge < -0.3 is 5.73 Å². The first-order chi connectivity index (χ1) is 8.00. The van der Waals surface area contributed by atoms with Crippen molar-refractivity contribution in [1.82, 2.24) is 14.8 Å². The van der Waals surface area contributed by atoms with E-state index in [2.05, 4.69) is 10.1 Å². The van der Waals surface area contributed by atoms with Crippen LogP contribution in [0.2, 0.25) is 15.1 Å². The first-order valence-corrected chi connectivity index (χ1v) is 5.88. The van der Waals surface area contributed by atoms with Gasteiger partial charge in [-0.2, -0.15) is 5.10 Å². The third-order valence-electron chi connectivity index (χ3n) is 2.36. The van der Waals surface area contributed by atoms with Crippen LogP contribution in [-0.4, -0.2) is 14.8 Å². The van der Waals surface area contributed by atoms with Crippen molar-refractivity contribution in [3.05, 3.63) is 44.9 Å². The quantitative estimate of drug-likeness (QED) is 0.925. The Morgan fingerprint density at radius 3 is 2.47 bits per heavy atom. The molecule has 0 aliphatic heterocycles. The predicted molar refractivity (Wildman–Crippen MR) is 68.5 cm³/mol. The van der Waals surface area contributed by atoms with Gasteiger partial charge in [0.05, 0.1) is 38.7 Å². The van der Waals surface area contributed by atoms with E-state index in [1.807, 2.05) is 0 Å². The maximum absolute atomic E-state index is 6.08. The second kappa shape index (κ2) is 4.82. The van der Waals surface area contributed by atoms with Crippen LogP contribution in [0.4, 0.5) is 0 Å². The first-order valence-electron chi connectivity index (χ1n) is 4.74. The largest absolute Gasteiger partial charge is 0.318 e. The minimum absolute atomic E-state index is 0.405. The number of rotatable bonds is 2. The maximum Gasteiger partial charge on any atom is 0.0927 e. The molecule has 0 radical (unpaired) electrons. The van der Waals surface area contributed by atoms with Crippen molar-refractivity contribution in [3.8, 4) is 0 Å². The summed E-state index contributed by atoms with van der Waals surface area (Å²) < 4.78 is 1.60. The normalized spacial score (nSPS) is 12.8. The molecule has 0 saturated carbocycles. The Morgan fingerprint density at radius 1 is 1.24 bits per heavy atom. The van der Waals surface area contributed by atoms with Crippen LogP contribution in [0.15, 0.2) is 18.5 Å². The summed E-state index contributed by atoms with van der Waals surface area (Å²) in [5, 5.41) is 5.36. The van der Waals surface area contributed by atoms with E-state index in [0.29, 0.717) is 26.5 Å². The van der Waals surface area contributed by atoms with E-state index in [4.69, 9.17) is 40.5 Å². The molecule has 17 heavy (non-hydrogen) atoms. The SMILES string of the molecule is Cn1ncc(Cl)c1C(N)c1ncc(Cl)cc1Cl. The summed E-state index contributed by atoms with van der Waals surface area (Å²) >= 11 is 17.8. The minimum atomic E-state index is -0.542. The lowest BCUT2D eigenvalue weighted by molar-refractivity contribution is 0.664. The summed E-state index contributed by atoms with van der Waals surface area (Å²) in [6.07, 6.45) is 3.02. The molecule has 0 aliphatic carbocycles. The Kier molecular flexibility index (Phi) is 3.58. The molecule has 90 valence electrons. The molecule has 1 atom stereocenters. The van der Waals surface area contributed by atoms with Gasteiger partial charge in [0.1, 0.15) is 0 Å². The highest BCUT2D eigenvalue weighted by atomic mass is 35.5. The van der Waals surface area contributed by atoms with Gasteiger partial charge >= 0.3 is 0 Å². The van der Waals surface area contributed by atoms with Crippen molar-refractivity contribution in [2.75, 3.05) is 0 Å². The molecule has 0 bridgehead atoms. The van der Waals surface area contributed by atoms with Gasteiger partial charge in [-0.15, -0.1) is 0 Å². The smallest absolute Gasteiger partial charge is 0.0927 e. The van der Waals surface area contributed by atoms with E-state index in [0.717, 1.165) is 0 Å². The topological polar surface area (TPSA) is 56.7 Å². The van der Waals surface area contributed by atoms with E-state index in [1.54, 1.807) is 17.8 Å². The molecule has 2 heterocycles. The van der Waals surface area contributed by atoms with Gasteiger partial charge in [0, 0.05) is 13.2 Å². The van der Waals surface area contributed by atoms with Crippen LogP contribution in [0.25, 0.3) is 0 Å². The molecule has 1 unspecified atom stereocenters. The minimum Gasteiger partial charge on any atom is -0.318 e. The number of aromatic nitrogens is 3. The Hall–Kier alpha value is -0.810. The second-order valence-corrected chi connectivity index (χ2v) is 4.75. The lowest BCUT2D eigenvalue weighted by atomic mass is 10.1. The van der Waals surface area contributed by atoms with Crippen LogP contribution in [0.3, 0.4) is 0 Å². The van der Waals surface area contributed by atoms with E-state index < -0.39 is 6.04 Å². The average molecular weight is 292 g/mol. The van der Waals surface area contributed by atoms with Gasteiger partial charge in [0.15, 0.2) is 0 Å². The zero-order valence-corrected chi connectivity index (χ0v) is 11.1. The number of nitrogens with two attached hydrogens (primary N) is 1. The summed E-state index contributed by atoms with van der Waals surface area (Å²) in [6, 6.07) is 1.05. The fraction of sp³-hybridized carbons (Fsp3) is 0.200. The van der Waals surface area contributed by atoms with Crippen molar-refractivity contribution >= 4 is 34.8 Å². The van der Waals surface area contributed by atoms with E-state index in [9.17, 15) is 0 Å². The zero-order chi connectivity index (χ0) is 12.6. The Bertz CT molecular complexity index is 533. The number of halogens is 3. The van der Waals surface area contributed by atoms with E-state index in [-0.39, 0.29) is 0 Å². The lowest BCUT2D eigenvalue weighted by Gasteiger charge is -2.13. The fourth-order valence-electron chi connectivity index (χ4n) is 1.55. The molecule has 0 aliphatic rings. The number of aryl methyl sites for hydroxylation is 1. The van der Waals surface area contributed by atoms with Gasteiger partial charge in [0.25, 0.3) is 0 Å². The van der Waals surface area contributed by atoms with Crippen molar-refractivity contribution in [3.63, 3.8) is 0 Å². The number of nitrogens with zero attached hydrogens (tertiary/aromatic N) is 3. The van der Waals surface area contributed by atoms with Crippen LogP contribution in [-0.2, 0) is 7.05 Å². The number of hydrogen-bond donors (Lipinski definition) is 1. The average Bonchev–Trinajstić information content (AvgIpc) is 2.58. The summed E-state index contributed by atoms with van der Waals surface area (Å²) in [7, 11) is 1.75. The van der Waals surface area contributed by atoms with Crippen LogP contribution in [0.1, 0.15) is 17.4 Å². The van der Waals surface area contributed by atoms with Crippen LogP contribution >= 0.6 is 34.8 Å².